The first-order chi connectivity index (χ1) is 9.27. The van der Waals surface area contributed by atoms with Crippen molar-refractivity contribution in [1.82, 2.24) is 10.6 Å². The van der Waals surface area contributed by atoms with E-state index in [4.69, 9.17) is 4.74 Å². The van der Waals surface area contributed by atoms with Gasteiger partial charge in [-0.1, -0.05) is 30.3 Å². The molecule has 1 amide bonds. The molecule has 4 nitrogen and oxygen atoms in total. The first kappa shape index (κ1) is 17.0. The van der Waals surface area contributed by atoms with Crippen LogP contribution < -0.4 is 10.6 Å². The number of halogens is 1. The Morgan fingerprint density at radius 2 is 2.10 bits per heavy atom. The standard InChI is InChI=1S/C15H22N2O2.ClH/c1-12(13-6-3-2-4-7-13)19-9-5-8-17-15(18)14-10-16-11-14;/h2-4,6-7,12,14,16H,5,8-11H2,1H3,(H,17,18);1H. The van der Waals surface area contributed by atoms with Gasteiger partial charge < -0.3 is 15.4 Å². The SMILES string of the molecule is CC(OCCCNC(=O)C1CNC1)c1ccccc1.Cl. The molecule has 1 heterocycles. The maximum absolute atomic E-state index is 11.6. The van der Waals surface area contributed by atoms with Crippen molar-refractivity contribution < 1.29 is 9.53 Å². The summed E-state index contributed by atoms with van der Waals surface area (Å²) >= 11 is 0. The maximum Gasteiger partial charge on any atom is 0.225 e. The fraction of sp³-hybridized carbons (Fsp3) is 0.533. The van der Waals surface area contributed by atoms with E-state index in [9.17, 15) is 4.79 Å². The Bertz CT molecular complexity index is 396. The van der Waals surface area contributed by atoms with Gasteiger partial charge in [0.2, 0.25) is 5.91 Å². The summed E-state index contributed by atoms with van der Waals surface area (Å²) in [6, 6.07) is 10.2. The van der Waals surface area contributed by atoms with Gasteiger partial charge in [0.25, 0.3) is 0 Å². The lowest BCUT2D eigenvalue weighted by molar-refractivity contribution is -0.126. The zero-order valence-corrected chi connectivity index (χ0v) is 12.6. The molecular formula is C15H23ClN2O2. The highest BCUT2D eigenvalue weighted by atomic mass is 35.5. The second kappa shape index (κ2) is 8.95. The van der Waals surface area contributed by atoms with Crippen LogP contribution in [0.15, 0.2) is 30.3 Å². The lowest BCUT2D eigenvalue weighted by Gasteiger charge is -2.25. The Kier molecular flexibility index (Phi) is 7.59. The predicted molar refractivity (Wildman–Crippen MR) is 82.0 cm³/mol. The van der Waals surface area contributed by atoms with Gasteiger partial charge in [0.1, 0.15) is 0 Å². The molecule has 1 atom stereocenters. The average Bonchev–Trinajstić information content (AvgIpc) is 2.37. The van der Waals surface area contributed by atoms with Gasteiger partial charge in [-0.25, -0.2) is 0 Å². The van der Waals surface area contributed by atoms with Crippen molar-refractivity contribution in [3.63, 3.8) is 0 Å². The minimum atomic E-state index is 0. The van der Waals surface area contributed by atoms with Gasteiger partial charge in [-0.15, -0.1) is 12.4 Å². The molecule has 1 aliphatic rings. The minimum absolute atomic E-state index is 0. The number of rotatable bonds is 7. The van der Waals surface area contributed by atoms with Crippen molar-refractivity contribution in [3.05, 3.63) is 35.9 Å². The molecule has 1 aromatic rings. The molecule has 5 heteroatoms. The second-order valence-corrected chi connectivity index (χ2v) is 4.92. The fourth-order valence-corrected chi connectivity index (χ4v) is 1.98. The number of amides is 1. The molecule has 2 rings (SSSR count). The van der Waals surface area contributed by atoms with Crippen molar-refractivity contribution in [1.29, 1.82) is 0 Å². The van der Waals surface area contributed by atoms with Crippen LogP contribution >= 0.6 is 12.4 Å². The van der Waals surface area contributed by atoms with Gasteiger partial charge >= 0.3 is 0 Å². The zero-order chi connectivity index (χ0) is 13.5. The highest BCUT2D eigenvalue weighted by Gasteiger charge is 2.23. The summed E-state index contributed by atoms with van der Waals surface area (Å²) in [5.74, 6) is 0.332. The van der Waals surface area contributed by atoms with Gasteiger partial charge in [-0.3, -0.25) is 4.79 Å². The van der Waals surface area contributed by atoms with Crippen LogP contribution in [0.2, 0.25) is 0 Å². The van der Waals surface area contributed by atoms with Crippen LogP contribution in [0.1, 0.15) is 25.0 Å². The van der Waals surface area contributed by atoms with E-state index in [0.29, 0.717) is 13.2 Å². The molecular weight excluding hydrogens is 276 g/mol. The van der Waals surface area contributed by atoms with Crippen molar-refractivity contribution in [3.8, 4) is 0 Å². The van der Waals surface area contributed by atoms with Crippen molar-refractivity contribution in [2.45, 2.75) is 19.4 Å². The van der Waals surface area contributed by atoms with Crippen molar-refractivity contribution in [2.24, 2.45) is 5.92 Å². The van der Waals surface area contributed by atoms with Crippen LogP contribution in [0.5, 0.6) is 0 Å². The number of ether oxygens (including phenoxy) is 1. The fourth-order valence-electron chi connectivity index (χ4n) is 1.98. The molecule has 0 radical (unpaired) electrons. The molecule has 1 fully saturated rings. The Labute approximate surface area is 126 Å². The molecule has 20 heavy (non-hydrogen) atoms. The first-order valence-electron chi connectivity index (χ1n) is 6.92. The van der Waals surface area contributed by atoms with E-state index < -0.39 is 0 Å². The average molecular weight is 299 g/mol. The number of hydrogen-bond donors (Lipinski definition) is 2. The number of carbonyl (C=O) groups excluding carboxylic acids is 1. The van der Waals surface area contributed by atoms with E-state index in [1.807, 2.05) is 25.1 Å². The molecule has 2 N–H and O–H groups in total. The van der Waals surface area contributed by atoms with Crippen LogP contribution in [-0.2, 0) is 9.53 Å². The van der Waals surface area contributed by atoms with E-state index in [1.165, 1.54) is 5.56 Å². The molecule has 0 spiro atoms. The summed E-state index contributed by atoms with van der Waals surface area (Å²) in [7, 11) is 0. The van der Waals surface area contributed by atoms with Crippen LogP contribution in [-0.4, -0.2) is 32.1 Å². The highest BCUT2D eigenvalue weighted by Crippen LogP contribution is 2.15. The zero-order valence-electron chi connectivity index (χ0n) is 11.8. The summed E-state index contributed by atoms with van der Waals surface area (Å²) in [6.45, 7) is 5.03. The van der Waals surface area contributed by atoms with Crippen LogP contribution in [0.4, 0.5) is 0 Å². The Morgan fingerprint density at radius 1 is 1.40 bits per heavy atom. The monoisotopic (exact) mass is 298 g/mol. The summed E-state index contributed by atoms with van der Waals surface area (Å²) < 4.78 is 5.75. The highest BCUT2D eigenvalue weighted by molar-refractivity contribution is 5.85. The van der Waals surface area contributed by atoms with E-state index in [-0.39, 0.29) is 30.3 Å². The molecule has 112 valence electrons. The van der Waals surface area contributed by atoms with E-state index in [0.717, 1.165) is 19.5 Å². The maximum atomic E-state index is 11.6. The Balaban J connectivity index is 0.00000200. The Hall–Kier alpha value is -1.10. The van der Waals surface area contributed by atoms with Crippen LogP contribution in [0, 0.1) is 5.92 Å². The quantitative estimate of drug-likeness (QED) is 0.756. The van der Waals surface area contributed by atoms with Crippen LogP contribution in [0.3, 0.4) is 0 Å². The topological polar surface area (TPSA) is 50.4 Å². The van der Waals surface area contributed by atoms with Crippen molar-refractivity contribution >= 4 is 18.3 Å². The molecule has 0 saturated carbocycles. The van der Waals surface area contributed by atoms with E-state index in [2.05, 4.69) is 22.8 Å². The molecule has 1 aliphatic heterocycles. The van der Waals surface area contributed by atoms with Gasteiger partial charge in [0.05, 0.1) is 12.0 Å². The van der Waals surface area contributed by atoms with Gasteiger partial charge in [-0.05, 0) is 18.9 Å². The molecule has 0 bridgehead atoms. The molecule has 0 aromatic heterocycles. The second-order valence-electron chi connectivity index (χ2n) is 4.92. The third kappa shape index (κ3) is 5.12. The molecule has 1 unspecified atom stereocenters. The third-order valence-corrected chi connectivity index (χ3v) is 3.41. The lowest BCUT2D eigenvalue weighted by atomic mass is 10.0. The number of nitrogens with one attached hydrogen (secondary N) is 2. The number of carbonyl (C=O) groups is 1. The van der Waals surface area contributed by atoms with E-state index in [1.54, 1.807) is 0 Å². The largest absolute Gasteiger partial charge is 0.374 e. The van der Waals surface area contributed by atoms with Gasteiger partial charge in [0.15, 0.2) is 0 Å². The molecule has 1 aromatic carbocycles. The normalized spacial score (nSPS) is 15.8. The third-order valence-electron chi connectivity index (χ3n) is 3.41. The lowest BCUT2D eigenvalue weighted by Crippen LogP contribution is -2.50. The summed E-state index contributed by atoms with van der Waals surface area (Å²) in [5.41, 5.74) is 1.19. The predicted octanol–water partition coefficient (Wildman–Crippen LogP) is 1.91. The van der Waals surface area contributed by atoms with Crippen molar-refractivity contribution in [2.75, 3.05) is 26.2 Å². The van der Waals surface area contributed by atoms with Crippen LogP contribution in [0.25, 0.3) is 0 Å². The van der Waals surface area contributed by atoms with Gasteiger partial charge in [0, 0.05) is 26.2 Å². The molecule has 0 aliphatic carbocycles. The number of hydrogen-bond acceptors (Lipinski definition) is 3. The first-order valence-corrected chi connectivity index (χ1v) is 6.92. The summed E-state index contributed by atoms with van der Waals surface area (Å²) in [6.07, 6.45) is 0.955. The molecule has 1 saturated heterocycles. The minimum Gasteiger partial charge on any atom is -0.374 e. The van der Waals surface area contributed by atoms with Gasteiger partial charge in [-0.2, -0.15) is 0 Å². The summed E-state index contributed by atoms with van der Waals surface area (Å²) in [5, 5.41) is 6.03. The smallest absolute Gasteiger partial charge is 0.225 e. The van der Waals surface area contributed by atoms with E-state index >= 15 is 0 Å². The number of benzene rings is 1. The summed E-state index contributed by atoms with van der Waals surface area (Å²) in [4.78, 5) is 11.6. The Morgan fingerprint density at radius 3 is 2.70 bits per heavy atom.